The molecule has 0 atom stereocenters. The first-order chi connectivity index (χ1) is 13.2. The molecule has 1 aromatic carbocycles. The Morgan fingerprint density at radius 2 is 2.00 bits per heavy atom. The number of methoxy groups -OCH3 is 1. The number of hydrogen-bond acceptors (Lipinski definition) is 6. The van der Waals surface area contributed by atoms with Crippen molar-refractivity contribution in [1.82, 2.24) is 30.8 Å². The zero-order valence-corrected chi connectivity index (χ0v) is 16.4. The van der Waals surface area contributed by atoms with Gasteiger partial charge in [-0.25, -0.2) is 9.97 Å². The second-order valence-corrected chi connectivity index (χ2v) is 6.89. The number of aryl methyl sites for hydroxylation is 1. The summed E-state index contributed by atoms with van der Waals surface area (Å²) >= 11 is 1.71. The van der Waals surface area contributed by atoms with Crippen molar-refractivity contribution in [3.8, 4) is 17.1 Å². The van der Waals surface area contributed by atoms with Gasteiger partial charge in [0.1, 0.15) is 16.6 Å². The van der Waals surface area contributed by atoms with Gasteiger partial charge in [-0.2, -0.15) is 5.10 Å². The molecule has 27 heavy (non-hydrogen) atoms. The van der Waals surface area contributed by atoms with Gasteiger partial charge in [0, 0.05) is 23.7 Å². The average molecular weight is 385 g/mol. The van der Waals surface area contributed by atoms with Crippen LogP contribution in [0.3, 0.4) is 0 Å². The quantitative estimate of drug-likeness (QED) is 0.426. The van der Waals surface area contributed by atoms with Gasteiger partial charge in [0.15, 0.2) is 11.8 Å². The van der Waals surface area contributed by atoms with Crippen LogP contribution in [0.25, 0.3) is 11.4 Å². The summed E-state index contributed by atoms with van der Waals surface area (Å²) < 4.78 is 5.17. The predicted molar refractivity (Wildman–Crippen MR) is 107 cm³/mol. The smallest absolute Gasteiger partial charge is 0.191 e. The van der Waals surface area contributed by atoms with E-state index >= 15 is 0 Å². The number of aromatic nitrogens is 4. The fraction of sp³-hybridized carbons (Fsp3) is 0.333. The molecule has 3 rings (SSSR count). The van der Waals surface area contributed by atoms with Crippen molar-refractivity contribution in [3.63, 3.8) is 0 Å². The second kappa shape index (κ2) is 9.13. The minimum absolute atomic E-state index is 0.487. The van der Waals surface area contributed by atoms with E-state index < -0.39 is 0 Å². The number of ether oxygens (including phenoxy) is 1. The summed E-state index contributed by atoms with van der Waals surface area (Å²) in [4.78, 5) is 14.4. The van der Waals surface area contributed by atoms with Crippen molar-refractivity contribution >= 4 is 17.3 Å². The van der Waals surface area contributed by atoms with Gasteiger partial charge in [0.05, 0.1) is 20.2 Å². The lowest BCUT2D eigenvalue weighted by Crippen LogP contribution is -2.36. The molecule has 142 valence electrons. The third kappa shape index (κ3) is 5.04. The lowest BCUT2D eigenvalue weighted by atomic mass is 10.2. The maximum absolute atomic E-state index is 5.17. The molecule has 0 aliphatic rings. The van der Waals surface area contributed by atoms with E-state index in [2.05, 4.69) is 42.7 Å². The number of thiazole rings is 1. The molecule has 0 aliphatic heterocycles. The van der Waals surface area contributed by atoms with E-state index in [1.807, 2.05) is 30.5 Å². The van der Waals surface area contributed by atoms with Crippen LogP contribution in [0.15, 0.2) is 35.5 Å². The number of guanidine groups is 1. The number of rotatable bonds is 7. The lowest BCUT2D eigenvalue weighted by molar-refractivity contribution is 0.415. The van der Waals surface area contributed by atoms with Crippen molar-refractivity contribution < 1.29 is 4.74 Å². The van der Waals surface area contributed by atoms with Crippen LogP contribution in [-0.4, -0.2) is 40.3 Å². The Labute approximate surface area is 162 Å². The van der Waals surface area contributed by atoms with Crippen molar-refractivity contribution in [2.45, 2.75) is 26.4 Å². The number of benzene rings is 1. The molecule has 0 saturated heterocycles. The molecule has 9 heteroatoms. The number of aliphatic imine (C=N–C) groups is 1. The highest BCUT2D eigenvalue weighted by molar-refractivity contribution is 7.11. The normalized spacial score (nSPS) is 11.4. The van der Waals surface area contributed by atoms with Gasteiger partial charge in [0.25, 0.3) is 0 Å². The lowest BCUT2D eigenvalue weighted by Gasteiger charge is -2.09. The third-order valence-corrected chi connectivity index (χ3v) is 5.03. The molecular weight excluding hydrogens is 362 g/mol. The van der Waals surface area contributed by atoms with Crippen LogP contribution >= 0.6 is 11.3 Å². The minimum Gasteiger partial charge on any atom is -0.497 e. The number of H-pyrrole nitrogens is 1. The Morgan fingerprint density at radius 1 is 1.22 bits per heavy atom. The number of nitrogens with zero attached hydrogens (tertiary/aromatic N) is 4. The Hall–Kier alpha value is -2.94. The van der Waals surface area contributed by atoms with Gasteiger partial charge in [-0.15, -0.1) is 11.3 Å². The van der Waals surface area contributed by atoms with Gasteiger partial charge >= 0.3 is 0 Å². The maximum Gasteiger partial charge on any atom is 0.191 e. The fourth-order valence-electron chi connectivity index (χ4n) is 2.38. The van der Waals surface area contributed by atoms with E-state index in [0.717, 1.165) is 28.6 Å². The standard InChI is InChI=1S/C18H23N7OS/c1-4-14-9-20-16(27-14)11-22-18(19-2)21-10-15-23-17(25-24-15)12-5-7-13(26-3)8-6-12/h5-9H,4,10-11H2,1-3H3,(H2,19,21,22)(H,23,24,25). The molecule has 0 unspecified atom stereocenters. The van der Waals surface area contributed by atoms with Crippen molar-refractivity contribution in [2.24, 2.45) is 4.99 Å². The maximum atomic E-state index is 5.17. The molecule has 3 N–H and O–H groups in total. The zero-order chi connectivity index (χ0) is 19.1. The van der Waals surface area contributed by atoms with Crippen LogP contribution in [0.2, 0.25) is 0 Å². The summed E-state index contributed by atoms with van der Waals surface area (Å²) in [7, 11) is 3.38. The predicted octanol–water partition coefficient (Wildman–Crippen LogP) is 2.36. The summed E-state index contributed by atoms with van der Waals surface area (Å²) in [6.45, 7) is 3.25. The number of hydrogen-bond donors (Lipinski definition) is 3. The second-order valence-electron chi connectivity index (χ2n) is 5.69. The molecule has 0 radical (unpaired) electrons. The fourth-order valence-corrected chi connectivity index (χ4v) is 3.19. The molecule has 3 aromatic rings. The van der Waals surface area contributed by atoms with Crippen molar-refractivity contribution in [2.75, 3.05) is 14.2 Å². The van der Waals surface area contributed by atoms with Crippen molar-refractivity contribution in [1.29, 1.82) is 0 Å². The summed E-state index contributed by atoms with van der Waals surface area (Å²) in [6.07, 6.45) is 2.93. The monoisotopic (exact) mass is 385 g/mol. The molecule has 0 spiro atoms. The van der Waals surface area contributed by atoms with E-state index in [1.165, 1.54) is 4.88 Å². The van der Waals surface area contributed by atoms with E-state index in [-0.39, 0.29) is 0 Å². The molecule has 2 aromatic heterocycles. The first-order valence-corrected chi connectivity index (χ1v) is 9.47. The molecule has 0 aliphatic carbocycles. The van der Waals surface area contributed by atoms with Gasteiger partial charge in [-0.05, 0) is 30.7 Å². The molecule has 0 fully saturated rings. The molecular formula is C18H23N7OS. The van der Waals surface area contributed by atoms with E-state index in [9.17, 15) is 0 Å². The molecule has 0 saturated carbocycles. The van der Waals surface area contributed by atoms with Crippen LogP contribution in [0.4, 0.5) is 0 Å². The van der Waals surface area contributed by atoms with E-state index in [1.54, 1.807) is 25.5 Å². The summed E-state index contributed by atoms with van der Waals surface area (Å²) in [6, 6.07) is 7.63. The zero-order valence-electron chi connectivity index (χ0n) is 15.6. The largest absolute Gasteiger partial charge is 0.497 e. The van der Waals surface area contributed by atoms with Gasteiger partial charge in [0.2, 0.25) is 0 Å². The highest BCUT2D eigenvalue weighted by atomic mass is 32.1. The Bertz CT molecular complexity index is 885. The number of aromatic amines is 1. The highest BCUT2D eigenvalue weighted by Gasteiger charge is 2.08. The van der Waals surface area contributed by atoms with E-state index in [0.29, 0.717) is 24.9 Å². The SMILES string of the molecule is CCc1cnc(CNC(=NC)NCc2nc(-c3ccc(OC)cc3)n[nH]2)s1. The summed E-state index contributed by atoms with van der Waals surface area (Å²) in [5.74, 6) is 2.86. The Morgan fingerprint density at radius 3 is 2.67 bits per heavy atom. The van der Waals surface area contributed by atoms with Crippen LogP contribution in [0.5, 0.6) is 5.75 Å². The van der Waals surface area contributed by atoms with Crippen LogP contribution < -0.4 is 15.4 Å². The van der Waals surface area contributed by atoms with Gasteiger partial charge in [-0.1, -0.05) is 6.92 Å². The highest BCUT2D eigenvalue weighted by Crippen LogP contribution is 2.18. The average Bonchev–Trinajstić information content (AvgIpc) is 3.37. The summed E-state index contributed by atoms with van der Waals surface area (Å²) in [5.41, 5.74) is 0.927. The first kappa shape index (κ1) is 18.8. The van der Waals surface area contributed by atoms with E-state index in [4.69, 9.17) is 4.74 Å². The molecule has 2 heterocycles. The molecule has 0 bridgehead atoms. The number of nitrogens with one attached hydrogen (secondary N) is 3. The molecule has 8 nitrogen and oxygen atoms in total. The Balaban J connectivity index is 1.53. The Kier molecular flexibility index (Phi) is 6.37. The first-order valence-electron chi connectivity index (χ1n) is 8.65. The van der Waals surface area contributed by atoms with Crippen molar-refractivity contribution in [3.05, 3.63) is 46.2 Å². The molecule has 0 amide bonds. The topological polar surface area (TPSA) is 100 Å². The van der Waals surface area contributed by atoms with Gasteiger partial charge < -0.3 is 15.4 Å². The minimum atomic E-state index is 0.487. The summed E-state index contributed by atoms with van der Waals surface area (Å²) in [5, 5.41) is 14.7. The van der Waals surface area contributed by atoms with Crippen LogP contribution in [-0.2, 0) is 19.5 Å². The van der Waals surface area contributed by atoms with Crippen LogP contribution in [0, 0.1) is 0 Å². The third-order valence-electron chi connectivity index (χ3n) is 3.88. The van der Waals surface area contributed by atoms with Gasteiger partial charge in [-0.3, -0.25) is 10.1 Å². The van der Waals surface area contributed by atoms with Crippen LogP contribution in [0.1, 0.15) is 22.6 Å².